The molecule has 0 saturated carbocycles. The van der Waals surface area contributed by atoms with E-state index in [4.69, 9.17) is 10.2 Å². The van der Waals surface area contributed by atoms with Crippen molar-refractivity contribution >= 4 is 5.97 Å². The topological polar surface area (TPSA) is 66.8 Å². The van der Waals surface area contributed by atoms with E-state index in [2.05, 4.69) is 4.74 Å². The third-order valence-corrected chi connectivity index (χ3v) is 1.44. The minimum Gasteiger partial charge on any atom is -0.464 e. The summed E-state index contributed by atoms with van der Waals surface area (Å²) in [6.07, 6.45) is 0.572. The van der Waals surface area contributed by atoms with Gasteiger partial charge in [0.2, 0.25) is 0 Å². The van der Waals surface area contributed by atoms with Gasteiger partial charge in [-0.1, -0.05) is 0 Å². The number of rotatable bonds is 6. The Bertz CT molecular complexity index is 124. The molecular formula is C8H16O4. The maximum atomic E-state index is 10.8. The Balaban J connectivity index is 3.42. The zero-order valence-electron chi connectivity index (χ0n) is 7.32. The van der Waals surface area contributed by atoms with Crippen LogP contribution in [0.25, 0.3) is 0 Å². The molecule has 1 unspecified atom stereocenters. The van der Waals surface area contributed by atoms with Crippen LogP contribution in [0, 0.1) is 0 Å². The smallest absolute Gasteiger partial charge is 0.334 e. The van der Waals surface area contributed by atoms with Crippen molar-refractivity contribution in [1.29, 1.82) is 0 Å². The maximum absolute atomic E-state index is 10.8. The fourth-order valence-corrected chi connectivity index (χ4v) is 0.806. The van der Waals surface area contributed by atoms with Crippen molar-refractivity contribution in [1.82, 2.24) is 0 Å². The van der Waals surface area contributed by atoms with E-state index in [0.29, 0.717) is 19.3 Å². The van der Waals surface area contributed by atoms with Gasteiger partial charge in [0.15, 0.2) is 6.10 Å². The number of aliphatic hydroxyl groups is 2. The minimum atomic E-state index is -1.03. The van der Waals surface area contributed by atoms with Crippen molar-refractivity contribution in [2.24, 2.45) is 0 Å². The van der Waals surface area contributed by atoms with Crippen molar-refractivity contribution in [2.45, 2.75) is 32.3 Å². The van der Waals surface area contributed by atoms with Gasteiger partial charge >= 0.3 is 5.97 Å². The van der Waals surface area contributed by atoms with Crippen molar-refractivity contribution in [3.05, 3.63) is 0 Å². The van der Waals surface area contributed by atoms with Crippen molar-refractivity contribution < 1.29 is 19.7 Å². The minimum absolute atomic E-state index is 0.0928. The Labute approximate surface area is 72.2 Å². The Hall–Kier alpha value is -0.610. The molecule has 0 heterocycles. The third kappa shape index (κ3) is 5.09. The molecule has 72 valence electrons. The van der Waals surface area contributed by atoms with Gasteiger partial charge in [0, 0.05) is 6.61 Å². The van der Waals surface area contributed by atoms with Crippen LogP contribution in [0.5, 0.6) is 0 Å². The van der Waals surface area contributed by atoms with E-state index in [1.165, 1.54) is 0 Å². The lowest BCUT2D eigenvalue weighted by Crippen LogP contribution is -2.22. The normalized spacial score (nSPS) is 12.6. The lowest BCUT2D eigenvalue weighted by Gasteiger charge is -2.08. The second-order valence-corrected chi connectivity index (χ2v) is 2.49. The van der Waals surface area contributed by atoms with Gasteiger partial charge in [-0.2, -0.15) is 0 Å². The molecule has 2 N–H and O–H groups in total. The zero-order chi connectivity index (χ0) is 9.40. The average Bonchev–Trinajstić information content (AvgIpc) is 2.05. The number of hydrogen-bond donors (Lipinski definition) is 2. The molecule has 0 aliphatic carbocycles. The predicted molar refractivity (Wildman–Crippen MR) is 43.6 cm³/mol. The van der Waals surface area contributed by atoms with Crippen molar-refractivity contribution in [3.63, 3.8) is 0 Å². The average molecular weight is 176 g/mol. The second-order valence-electron chi connectivity index (χ2n) is 2.49. The van der Waals surface area contributed by atoms with Gasteiger partial charge in [0.1, 0.15) is 0 Å². The van der Waals surface area contributed by atoms with Gasteiger partial charge in [-0.15, -0.1) is 0 Å². The molecule has 0 fully saturated rings. The van der Waals surface area contributed by atoms with Crippen molar-refractivity contribution in [2.75, 3.05) is 13.2 Å². The van der Waals surface area contributed by atoms with E-state index in [0.717, 1.165) is 0 Å². The molecule has 0 rings (SSSR count). The van der Waals surface area contributed by atoms with E-state index >= 15 is 0 Å². The SMILES string of the molecule is CCOC(=O)C(O)CCCCO. The Morgan fingerprint density at radius 2 is 2.17 bits per heavy atom. The molecule has 0 spiro atoms. The summed E-state index contributed by atoms with van der Waals surface area (Å²) in [7, 11) is 0. The van der Waals surface area contributed by atoms with Gasteiger partial charge < -0.3 is 14.9 Å². The molecule has 0 amide bonds. The summed E-state index contributed by atoms with van der Waals surface area (Å²) in [5, 5.41) is 17.5. The molecule has 12 heavy (non-hydrogen) atoms. The molecular weight excluding hydrogens is 160 g/mol. The van der Waals surface area contributed by atoms with E-state index in [9.17, 15) is 4.79 Å². The number of ether oxygens (including phenoxy) is 1. The molecule has 0 aliphatic heterocycles. The molecule has 4 nitrogen and oxygen atoms in total. The first-order valence-electron chi connectivity index (χ1n) is 4.18. The standard InChI is InChI=1S/C8H16O4/c1-2-12-8(11)7(10)5-3-4-6-9/h7,9-10H,2-6H2,1H3. The number of carbonyl (C=O) groups is 1. The third-order valence-electron chi connectivity index (χ3n) is 1.44. The second kappa shape index (κ2) is 7.06. The molecule has 0 saturated heterocycles. The first kappa shape index (κ1) is 11.4. The molecule has 0 aromatic carbocycles. The van der Waals surface area contributed by atoms with Crippen LogP contribution in [0.2, 0.25) is 0 Å². The van der Waals surface area contributed by atoms with Crippen LogP contribution in [-0.4, -0.2) is 35.5 Å². The van der Waals surface area contributed by atoms with Gasteiger partial charge in [-0.3, -0.25) is 0 Å². The first-order chi connectivity index (χ1) is 5.72. The highest BCUT2D eigenvalue weighted by Crippen LogP contribution is 2.01. The summed E-state index contributed by atoms with van der Waals surface area (Å²) in [5.74, 6) is -0.574. The van der Waals surface area contributed by atoms with Crippen LogP contribution in [-0.2, 0) is 9.53 Å². The van der Waals surface area contributed by atoms with E-state index < -0.39 is 12.1 Å². The summed E-state index contributed by atoms with van der Waals surface area (Å²) < 4.78 is 4.58. The Kier molecular flexibility index (Phi) is 6.70. The van der Waals surface area contributed by atoms with Crippen molar-refractivity contribution in [3.8, 4) is 0 Å². The molecule has 0 aliphatic rings. The van der Waals surface area contributed by atoms with E-state index in [1.807, 2.05) is 0 Å². The van der Waals surface area contributed by atoms with Crippen LogP contribution in [0.1, 0.15) is 26.2 Å². The number of hydrogen-bond acceptors (Lipinski definition) is 4. The molecule has 0 aromatic rings. The molecule has 0 aromatic heterocycles. The number of unbranched alkanes of at least 4 members (excludes halogenated alkanes) is 1. The lowest BCUT2D eigenvalue weighted by atomic mass is 10.1. The molecule has 4 heteroatoms. The fraction of sp³-hybridized carbons (Fsp3) is 0.875. The summed E-state index contributed by atoms with van der Waals surface area (Å²) in [5.41, 5.74) is 0. The lowest BCUT2D eigenvalue weighted by molar-refractivity contribution is -0.153. The largest absolute Gasteiger partial charge is 0.464 e. The van der Waals surface area contributed by atoms with Crippen LogP contribution in [0.3, 0.4) is 0 Å². The zero-order valence-corrected chi connectivity index (χ0v) is 7.32. The van der Waals surface area contributed by atoms with Crippen LogP contribution < -0.4 is 0 Å². The van der Waals surface area contributed by atoms with E-state index in [-0.39, 0.29) is 13.2 Å². The number of esters is 1. The van der Waals surface area contributed by atoms with Gasteiger partial charge in [0.05, 0.1) is 6.61 Å². The number of aliphatic hydroxyl groups excluding tert-OH is 2. The molecule has 0 bridgehead atoms. The summed E-state index contributed by atoms with van der Waals surface area (Å²) in [4.78, 5) is 10.8. The highest BCUT2D eigenvalue weighted by molar-refractivity contribution is 5.74. The number of carbonyl (C=O) groups excluding carboxylic acids is 1. The first-order valence-corrected chi connectivity index (χ1v) is 4.18. The van der Waals surface area contributed by atoms with Gasteiger partial charge in [-0.05, 0) is 26.2 Å². The summed E-state index contributed by atoms with van der Waals surface area (Å²) >= 11 is 0. The highest BCUT2D eigenvalue weighted by Gasteiger charge is 2.14. The van der Waals surface area contributed by atoms with Crippen LogP contribution >= 0.6 is 0 Å². The van der Waals surface area contributed by atoms with Gasteiger partial charge in [-0.25, -0.2) is 4.79 Å². The summed E-state index contributed by atoms with van der Waals surface area (Å²) in [6, 6.07) is 0. The molecule has 1 atom stereocenters. The maximum Gasteiger partial charge on any atom is 0.334 e. The molecule has 0 radical (unpaired) electrons. The fourth-order valence-electron chi connectivity index (χ4n) is 0.806. The van der Waals surface area contributed by atoms with Crippen LogP contribution in [0.4, 0.5) is 0 Å². The van der Waals surface area contributed by atoms with Crippen LogP contribution in [0.15, 0.2) is 0 Å². The predicted octanol–water partition coefficient (Wildman–Crippen LogP) is 0.0730. The Morgan fingerprint density at radius 1 is 1.50 bits per heavy atom. The van der Waals surface area contributed by atoms with E-state index in [1.54, 1.807) is 6.92 Å². The summed E-state index contributed by atoms with van der Waals surface area (Å²) in [6.45, 7) is 2.07. The monoisotopic (exact) mass is 176 g/mol. The highest BCUT2D eigenvalue weighted by atomic mass is 16.5. The van der Waals surface area contributed by atoms with Gasteiger partial charge in [0.25, 0.3) is 0 Å². The Morgan fingerprint density at radius 3 is 2.67 bits per heavy atom. The quantitative estimate of drug-likeness (QED) is 0.444.